The van der Waals surface area contributed by atoms with Gasteiger partial charge in [0.25, 0.3) is 0 Å². The minimum atomic E-state index is -1.37. The quantitative estimate of drug-likeness (QED) is 0.598. The van der Waals surface area contributed by atoms with E-state index in [1.54, 1.807) is 25.3 Å². The van der Waals surface area contributed by atoms with E-state index in [1.165, 1.54) is 18.3 Å². The number of ether oxygens (including phenoxy) is 2. The van der Waals surface area contributed by atoms with E-state index < -0.39 is 17.4 Å². The van der Waals surface area contributed by atoms with Crippen LogP contribution in [0, 0.1) is 0 Å². The molecule has 1 rings (SSSR count). The first-order chi connectivity index (χ1) is 8.07. The molecule has 4 nitrogen and oxygen atoms in total. The Labute approximate surface area is 105 Å². The maximum absolute atomic E-state index is 12.0. The van der Waals surface area contributed by atoms with Gasteiger partial charge in [-0.2, -0.15) is 11.3 Å². The summed E-state index contributed by atoms with van der Waals surface area (Å²) in [6, 6.07) is 1.73. The van der Waals surface area contributed by atoms with Crippen LogP contribution in [0.2, 0.25) is 0 Å². The summed E-state index contributed by atoms with van der Waals surface area (Å²) in [6.07, 6.45) is 0. The van der Waals surface area contributed by atoms with E-state index in [0.29, 0.717) is 5.56 Å². The van der Waals surface area contributed by atoms with E-state index >= 15 is 0 Å². The van der Waals surface area contributed by atoms with Gasteiger partial charge in [0.2, 0.25) is 0 Å². The zero-order valence-corrected chi connectivity index (χ0v) is 11.0. The summed E-state index contributed by atoms with van der Waals surface area (Å²) < 4.78 is 9.93. The lowest BCUT2D eigenvalue weighted by molar-refractivity contribution is -0.163. The number of carbonyl (C=O) groups is 2. The molecule has 0 N–H and O–H groups in total. The summed E-state index contributed by atoms with van der Waals surface area (Å²) in [6.45, 7) is 5.41. The molecule has 1 aromatic heterocycles. The van der Waals surface area contributed by atoms with Crippen LogP contribution in [0.1, 0.15) is 26.3 Å². The number of thiophene rings is 1. The molecule has 94 valence electrons. The van der Waals surface area contributed by atoms with Crippen LogP contribution in [0.3, 0.4) is 0 Å². The van der Waals surface area contributed by atoms with Gasteiger partial charge in [0.05, 0.1) is 13.2 Å². The molecule has 0 spiro atoms. The van der Waals surface area contributed by atoms with Crippen molar-refractivity contribution in [1.29, 1.82) is 0 Å². The molecule has 0 aliphatic carbocycles. The Morgan fingerprint density at radius 1 is 1.24 bits per heavy atom. The smallest absolute Gasteiger partial charge is 0.327 e. The van der Waals surface area contributed by atoms with Crippen LogP contribution in [0.25, 0.3) is 0 Å². The molecule has 0 aliphatic heterocycles. The van der Waals surface area contributed by atoms with Gasteiger partial charge in [-0.05, 0) is 43.2 Å². The number of hydrogen-bond acceptors (Lipinski definition) is 5. The highest BCUT2D eigenvalue weighted by molar-refractivity contribution is 7.08. The van der Waals surface area contributed by atoms with E-state index in [-0.39, 0.29) is 13.2 Å². The number of hydrogen-bond donors (Lipinski definition) is 0. The average molecular weight is 256 g/mol. The van der Waals surface area contributed by atoms with E-state index in [4.69, 9.17) is 9.47 Å². The Balaban J connectivity index is 3.09. The van der Waals surface area contributed by atoms with Crippen molar-refractivity contribution >= 4 is 23.3 Å². The first kappa shape index (κ1) is 13.7. The van der Waals surface area contributed by atoms with Gasteiger partial charge in [-0.15, -0.1) is 0 Å². The van der Waals surface area contributed by atoms with Crippen LogP contribution in [0.4, 0.5) is 0 Å². The Morgan fingerprint density at radius 3 is 2.12 bits per heavy atom. The van der Waals surface area contributed by atoms with Crippen LogP contribution in [-0.4, -0.2) is 25.2 Å². The minimum Gasteiger partial charge on any atom is -0.465 e. The van der Waals surface area contributed by atoms with E-state index in [2.05, 4.69) is 0 Å². The third-order valence-electron chi connectivity index (χ3n) is 2.47. The maximum Gasteiger partial charge on any atom is 0.327 e. The van der Waals surface area contributed by atoms with Crippen molar-refractivity contribution in [2.75, 3.05) is 13.2 Å². The Kier molecular flexibility index (Phi) is 4.69. The van der Waals surface area contributed by atoms with Crippen molar-refractivity contribution < 1.29 is 19.1 Å². The molecule has 0 fully saturated rings. The molecule has 0 radical (unpaired) electrons. The van der Waals surface area contributed by atoms with Gasteiger partial charge in [-0.3, -0.25) is 9.59 Å². The number of carbonyl (C=O) groups excluding carboxylic acids is 2. The van der Waals surface area contributed by atoms with Crippen LogP contribution >= 0.6 is 11.3 Å². The van der Waals surface area contributed by atoms with Crippen molar-refractivity contribution in [3.05, 3.63) is 22.4 Å². The zero-order chi connectivity index (χ0) is 12.9. The average Bonchev–Trinajstić information content (AvgIpc) is 2.82. The van der Waals surface area contributed by atoms with Gasteiger partial charge in [0, 0.05) is 0 Å². The molecule has 0 unspecified atom stereocenters. The molecule has 5 heteroatoms. The summed E-state index contributed by atoms with van der Waals surface area (Å²) >= 11 is 1.42. The van der Waals surface area contributed by atoms with Crippen LogP contribution < -0.4 is 0 Å². The van der Waals surface area contributed by atoms with Gasteiger partial charge in [-0.25, -0.2) is 0 Å². The highest BCUT2D eigenvalue weighted by Crippen LogP contribution is 2.29. The van der Waals surface area contributed by atoms with Crippen molar-refractivity contribution in [3.8, 4) is 0 Å². The maximum atomic E-state index is 12.0. The Bertz CT molecular complexity index is 365. The largest absolute Gasteiger partial charge is 0.465 e. The van der Waals surface area contributed by atoms with Gasteiger partial charge in [0.15, 0.2) is 5.41 Å². The molecule has 0 saturated heterocycles. The normalized spacial score (nSPS) is 11.0. The molecule has 0 aliphatic rings. The molecule has 0 aromatic carbocycles. The topological polar surface area (TPSA) is 52.6 Å². The SMILES string of the molecule is CCOC(=O)C(C)(C(=O)OCC)c1ccsc1. The Morgan fingerprint density at radius 2 is 1.76 bits per heavy atom. The summed E-state index contributed by atoms with van der Waals surface area (Å²) in [5, 5.41) is 3.57. The Hall–Kier alpha value is -1.36. The van der Waals surface area contributed by atoms with Gasteiger partial charge < -0.3 is 9.47 Å². The van der Waals surface area contributed by atoms with E-state index in [0.717, 1.165) is 0 Å². The van der Waals surface area contributed by atoms with Crippen LogP contribution in [0.15, 0.2) is 16.8 Å². The highest BCUT2D eigenvalue weighted by atomic mass is 32.1. The minimum absolute atomic E-state index is 0.234. The molecule has 0 atom stereocenters. The summed E-state index contributed by atoms with van der Waals surface area (Å²) in [5.41, 5.74) is -0.758. The fraction of sp³-hybridized carbons (Fsp3) is 0.500. The third kappa shape index (κ3) is 2.66. The molecule has 0 bridgehead atoms. The molecule has 17 heavy (non-hydrogen) atoms. The van der Waals surface area contributed by atoms with Crippen molar-refractivity contribution in [1.82, 2.24) is 0 Å². The molecule has 1 aromatic rings. The van der Waals surface area contributed by atoms with Gasteiger partial charge >= 0.3 is 11.9 Å². The predicted molar refractivity (Wildman–Crippen MR) is 64.9 cm³/mol. The second-order valence-corrected chi connectivity index (χ2v) is 4.36. The summed E-state index contributed by atoms with van der Waals surface area (Å²) in [7, 11) is 0. The number of rotatable bonds is 5. The fourth-order valence-electron chi connectivity index (χ4n) is 1.42. The highest BCUT2D eigenvalue weighted by Gasteiger charge is 2.46. The lowest BCUT2D eigenvalue weighted by Crippen LogP contribution is -2.43. The van der Waals surface area contributed by atoms with Crippen LogP contribution in [-0.2, 0) is 24.5 Å². The first-order valence-electron chi connectivity index (χ1n) is 5.44. The molecular formula is C12H16O4S. The van der Waals surface area contributed by atoms with Crippen molar-refractivity contribution in [2.24, 2.45) is 0 Å². The van der Waals surface area contributed by atoms with Gasteiger partial charge in [0.1, 0.15) is 0 Å². The first-order valence-corrected chi connectivity index (χ1v) is 6.38. The predicted octanol–water partition coefficient (Wildman–Crippen LogP) is 2.13. The second kappa shape index (κ2) is 5.82. The lowest BCUT2D eigenvalue weighted by atomic mass is 9.84. The second-order valence-electron chi connectivity index (χ2n) is 3.58. The fourth-order valence-corrected chi connectivity index (χ4v) is 2.18. The van der Waals surface area contributed by atoms with Gasteiger partial charge in [-0.1, -0.05) is 0 Å². The summed E-state index contributed by atoms with van der Waals surface area (Å²) in [4.78, 5) is 23.9. The molecular weight excluding hydrogens is 240 g/mol. The lowest BCUT2D eigenvalue weighted by Gasteiger charge is -2.24. The zero-order valence-electron chi connectivity index (χ0n) is 10.2. The molecule has 0 saturated carbocycles. The van der Waals surface area contributed by atoms with Crippen LogP contribution in [0.5, 0.6) is 0 Å². The van der Waals surface area contributed by atoms with Crippen molar-refractivity contribution in [2.45, 2.75) is 26.2 Å². The third-order valence-corrected chi connectivity index (χ3v) is 3.15. The van der Waals surface area contributed by atoms with E-state index in [1.807, 2.05) is 5.38 Å². The summed E-state index contributed by atoms with van der Waals surface area (Å²) in [5.74, 6) is -1.14. The molecule has 1 heterocycles. The van der Waals surface area contributed by atoms with E-state index in [9.17, 15) is 9.59 Å². The molecule has 0 amide bonds. The van der Waals surface area contributed by atoms with Crippen molar-refractivity contribution in [3.63, 3.8) is 0 Å². The monoisotopic (exact) mass is 256 g/mol. The standard InChI is InChI=1S/C12H16O4S/c1-4-15-10(13)12(3,11(14)16-5-2)9-6-7-17-8-9/h6-8H,4-5H2,1-3H3. The number of esters is 2.